The van der Waals surface area contributed by atoms with Crippen molar-refractivity contribution in [3.8, 4) is 0 Å². The number of nitrogens with zero attached hydrogens (tertiary/aromatic N) is 1. The van der Waals surface area contributed by atoms with Crippen molar-refractivity contribution >= 4 is 17.7 Å². The second kappa shape index (κ2) is 5.67. The number of nitrogens with one attached hydrogen (secondary N) is 1. The summed E-state index contributed by atoms with van der Waals surface area (Å²) >= 11 is 1.66. The summed E-state index contributed by atoms with van der Waals surface area (Å²) in [5, 5.41) is 3.07. The number of benzene rings is 1. The Balaban J connectivity index is 1.64. The summed E-state index contributed by atoms with van der Waals surface area (Å²) < 4.78 is 0. The van der Waals surface area contributed by atoms with E-state index in [0.29, 0.717) is 0 Å². The lowest BCUT2D eigenvalue weighted by atomic mass is 10.1. The minimum Gasteiger partial charge on any atom is -0.349 e. The van der Waals surface area contributed by atoms with Crippen molar-refractivity contribution in [2.75, 3.05) is 0 Å². The van der Waals surface area contributed by atoms with Crippen molar-refractivity contribution in [1.82, 2.24) is 10.3 Å². The molecule has 0 radical (unpaired) electrons. The number of pyridine rings is 1. The lowest BCUT2D eigenvalue weighted by Gasteiger charge is -2.16. The number of carbonyl (C=O) groups excluding carboxylic acids is 1. The maximum absolute atomic E-state index is 12.4. The molecule has 0 fully saturated rings. The first-order valence-corrected chi connectivity index (χ1v) is 7.57. The van der Waals surface area contributed by atoms with Crippen LogP contribution in [0.25, 0.3) is 0 Å². The fraction of sp³-hybridized carbons (Fsp3) is 0.250. The number of rotatable bonds is 3. The maximum atomic E-state index is 12.4. The molecule has 1 aliphatic rings. The van der Waals surface area contributed by atoms with Crippen molar-refractivity contribution in [2.45, 2.75) is 29.5 Å². The lowest BCUT2D eigenvalue weighted by Crippen LogP contribution is -2.34. The van der Waals surface area contributed by atoms with E-state index in [1.807, 2.05) is 31.2 Å². The lowest BCUT2D eigenvalue weighted by molar-refractivity contribution is -0.121. The van der Waals surface area contributed by atoms with Crippen molar-refractivity contribution in [2.24, 2.45) is 0 Å². The van der Waals surface area contributed by atoms with Crippen molar-refractivity contribution in [3.05, 3.63) is 59.9 Å². The maximum Gasteiger partial charge on any atom is 0.234 e. The van der Waals surface area contributed by atoms with E-state index in [9.17, 15) is 4.79 Å². The molecule has 3 nitrogen and oxygen atoms in total. The molecule has 0 spiro atoms. The topological polar surface area (TPSA) is 42.0 Å². The molecule has 0 unspecified atom stereocenters. The van der Waals surface area contributed by atoms with E-state index in [0.717, 1.165) is 12.0 Å². The molecule has 1 amide bonds. The monoisotopic (exact) mass is 284 g/mol. The van der Waals surface area contributed by atoms with Gasteiger partial charge in [0.05, 0.1) is 11.3 Å². The molecule has 1 N–H and O–H groups in total. The Morgan fingerprint density at radius 1 is 1.30 bits per heavy atom. The Hall–Kier alpha value is -1.81. The summed E-state index contributed by atoms with van der Waals surface area (Å²) in [7, 11) is 0. The molecule has 3 rings (SSSR count). The quantitative estimate of drug-likeness (QED) is 0.942. The van der Waals surface area contributed by atoms with E-state index in [1.54, 1.807) is 24.2 Å². The molecule has 4 heteroatoms. The van der Waals surface area contributed by atoms with E-state index >= 15 is 0 Å². The molecule has 0 saturated carbocycles. The third kappa shape index (κ3) is 2.70. The highest BCUT2D eigenvalue weighted by molar-refractivity contribution is 8.01. The van der Waals surface area contributed by atoms with Crippen LogP contribution in [0.2, 0.25) is 0 Å². The molecule has 102 valence electrons. The van der Waals surface area contributed by atoms with E-state index < -0.39 is 0 Å². The molecule has 2 atom stereocenters. The number of amides is 1. The van der Waals surface area contributed by atoms with Gasteiger partial charge in [0.1, 0.15) is 0 Å². The summed E-state index contributed by atoms with van der Waals surface area (Å²) in [5.74, 6) is 0.107. The predicted octanol–water partition coefficient (Wildman–Crippen LogP) is 2.98. The molecule has 1 aliphatic heterocycles. The number of thioether (sulfide) groups is 1. The van der Waals surface area contributed by atoms with Gasteiger partial charge in [-0.05, 0) is 42.7 Å². The van der Waals surface area contributed by atoms with E-state index in [-0.39, 0.29) is 17.2 Å². The molecular formula is C16H16N2OS. The molecule has 2 heterocycles. The highest BCUT2D eigenvalue weighted by Gasteiger charge is 2.28. The van der Waals surface area contributed by atoms with Crippen LogP contribution in [0.5, 0.6) is 0 Å². The van der Waals surface area contributed by atoms with Crippen LogP contribution in [0.3, 0.4) is 0 Å². The minimum absolute atomic E-state index is 0.00909. The van der Waals surface area contributed by atoms with Gasteiger partial charge in [0.15, 0.2) is 0 Å². The average molecular weight is 284 g/mol. The zero-order chi connectivity index (χ0) is 13.9. The van der Waals surface area contributed by atoms with Crippen LogP contribution in [-0.4, -0.2) is 16.1 Å². The summed E-state index contributed by atoms with van der Waals surface area (Å²) in [5.41, 5.74) is 2.35. The molecule has 20 heavy (non-hydrogen) atoms. The largest absolute Gasteiger partial charge is 0.349 e. The summed E-state index contributed by atoms with van der Waals surface area (Å²) in [6.45, 7) is 2.00. The highest BCUT2D eigenvalue weighted by Crippen LogP contribution is 2.37. The predicted molar refractivity (Wildman–Crippen MR) is 80.6 cm³/mol. The SMILES string of the molecule is C[C@@H](NC(=O)[C@@H]1Cc2ccccc2S1)c1ccncc1. The van der Waals surface area contributed by atoms with Crippen molar-refractivity contribution in [1.29, 1.82) is 0 Å². The fourth-order valence-electron chi connectivity index (χ4n) is 2.37. The van der Waals surface area contributed by atoms with Gasteiger partial charge in [0.25, 0.3) is 0 Å². The van der Waals surface area contributed by atoms with Gasteiger partial charge in [-0.3, -0.25) is 9.78 Å². The van der Waals surface area contributed by atoms with Gasteiger partial charge in [-0.15, -0.1) is 11.8 Å². The molecule has 0 bridgehead atoms. The number of aromatic nitrogens is 1. The minimum atomic E-state index is -0.0170. The van der Waals surface area contributed by atoms with E-state index in [2.05, 4.69) is 22.4 Å². The van der Waals surface area contributed by atoms with Crippen LogP contribution in [-0.2, 0) is 11.2 Å². The zero-order valence-corrected chi connectivity index (χ0v) is 12.1. The van der Waals surface area contributed by atoms with Crippen LogP contribution in [0.1, 0.15) is 24.1 Å². The first kappa shape index (κ1) is 13.2. The normalized spacial score (nSPS) is 18.4. The third-order valence-electron chi connectivity index (χ3n) is 3.50. The Kier molecular flexibility index (Phi) is 3.74. The Bertz CT molecular complexity index is 590. The first-order chi connectivity index (χ1) is 9.74. The Morgan fingerprint density at radius 3 is 2.80 bits per heavy atom. The number of hydrogen-bond acceptors (Lipinski definition) is 3. The number of carbonyl (C=O) groups is 1. The fourth-order valence-corrected chi connectivity index (χ4v) is 3.57. The molecule has 1 aromatic heterocycles. The van der Waals surface area contributed by atoms with Crippen molar-refractivity contribution < 1.29 is 4.79 Å². The Labute approximate surface area is 122 Å². The first-order valence-electron chi connectivity index (χ1n) is 6.69. The zero-order valence-electron chi connectivity index (χ0n) is 11.2. The molecule has 1 aromatic carbocycles. The molecule has 2 aromatic rings. The van der Waals surface area contributed by atoms with Gasteiger partial charge < -0.3 is 5.32 Å². The second-order valence-corrected chi connectivity index (χ2v) is 6.17. The second-order valence-electron chi connectivity index (χ2n) is 4.93. The van der Waals surface area contributed by atoms with Gasteiger partial charge in [0, 0.05) is 17.3 Å². The summed E-state index contributed by atoms with van der Waals surface area (Å²) in [6.07, 6.45) is 4.31. The standard InChI is InChI=1S/C16H16N2OS/c1-11(12-6-8-17-9-7-12)18-16(19)15-10-13-4-2-3-5-14(13)20-15/h2-9,11,15H,10H2,1H3,(H,18,19)/t11-,15+/m1/s1. The molecule has 0 saturated heterocycles. The van der Waals surface area contributed by atoms with Crippen LogP contribution in [0.15, 0.2) is 53.7 Å². The highest BCUT2D eigenvalue weighted by atomic mass is 32.2. The van der Waals surface area contributed by atoms with Gasteiger partial charge in [-0.2, -0.15) is 0 Å². The average Bonchev–Trinajstić information content (AvgIpc) is 2.92. The van der Waals surface area contributed by atoms with Crippen LogP contribution < -0.4 is 5.32 Å². The van der Waals surface area contributed by atoms with Gasteiger partial charge in [-0.1, -0.05) is 18.2 Å². The smallest absolute Gasteiger partial charge is 0.234 e. The van der Waals surface area contributed by atoms with Gasteiger partial charge >= 0.3 is 0 Å². The van der Waals surface area contributed by atoms with E-state index in [1.165, 1.54) is 10.5 Å². The summed E-state index contributed by atoms with van der Waals surface area (Å²) in [6, 6.07) is 12.1. The van der Waals surface area contributed by atoms with Crippen molar-refractivity contribution in [3.63, 3.8) is 0 Å². The van der Waals surface area contributed by atoms with E-state index in [4.69, 9.17) is 0 Å². The molecule has 0 aliphatic carbocycles. The van der Waals surface area contributed by atoms with Crippen LogP contribution in [0.4, 0.5) is 0 Å². The van der Waals surface area contributed by atoms with Crippen LogP contribution in [0, 0.1) is 0 Å². The third-order valence-corrected chi connectivity index (χ3v) is 4.82. The Morgan fingerprint density at radius 2 is 2.05 bits per heavy atom. The number of fused-ring (bicyclic) bond motifs is 1. The number of hydrogen-bond donors (Lipinski definition) is 1. The molecular weight excluding hydrogens is 268 g/mol. The summed E-state index contributed by atoms with van der Waals surface area (Å²) in [4.78, 5) is 17.6. The van der Waals surface area contributed by atoms with Gasteiger partial charge in [0.2, 0.25) is 5.91 Å². The van der Waals surface area contributed by atoms with Crippen LogP contribution >= 0.6 is 11.8 Å². The van der Waals surface area contributed by atoms with Gasteiger partial charge in [-0.25, -0.2) is 0 Å².